The van der Waals surface area contributed by atoms with Gasteiger partial charge in [-0.2, -0.15) is 0 Å². The molecular formula is C21H45NO2Si. The van der Waals surface area contributed by atoms with Gasteiger partial charge in [-0.15, -0.1) is 0 Å². The molecule has 1 aliphatic rings. The lowest BCUT2D eigenvalue weighted by atomic mass is 9.79. The molecule has 0 bridgehead atoms. The topological polar surface area (TPSA) is 21.7 Å². The van der Waals surface area contributed by atoms with Gasteiger partial charge in [-0.1, -0.05) is 20.3 Å². The average molecular weight is 372 g/mol. The van der Waals surface area contributed by atoms with E-state index in [1.54, 1.807) is 0 Å². The first kappa shape index (κ1) is 23.1. The second-order valence-corrected chi connectivity index (χ2v) is 14.1. The molecule has 0 saturated carbocycles. The first-order chi connectivity index (χ1) is 11.4. The lowest BCUT2D eigenvalue weighted by molar-refractivity contribution is -0.0924. The van der Waals surface area contributed by atoms with Gasteiger partial charge in [0.25, 0.3) is 0 Å². The van der Waals surface area contributed by atoms with Crippen molar-refractivity contribution in [1.29, 1.82) is 0 Å². The van der Waals surface area contributed by atoms with Gasteiger partial charge >= 0.3 is 0 Å². The van der Waals surface area contributed by atoms with Gasteiger partial charge in [0, 0.05) is 23.8 Å². The third-order valence-corrected chi connectivity index (χ3v) is 8.76. The van der Waals surface area contributed by atoms with Crippen LogP contribution >= 0.6 is 0 Å². The van der Waals surface area contributed by atoms with E-state index in [1.165, 1.54) is 12.5 Å². The predicted molar refractivity (Wildman–Crippen MR) is 112 cm³/mol. The minimum Gasteiger partial charge on any atom is -0.414 e. The van der Waals surface area contributed by atoms with Gasteiger partial charge in [0.1, 0.15) is 0 Å². The molecule has 0 radical (unpaired) electrons. The third-order valence-electron chi connectivity index (χ3n) is 6.09. The van der Waals surface area contributed by atoms with Crippen LogP contribution in [0.2, 0.25) is 19.1 Å². The van der Waals surface area contributed by atoms with Crippen molar-refractivity contribution < 1.29 is 9.16 Å². The fourth-order valence-electron chi connectivity index (χ4n) is 4.42. The zero-order valence-electron chi connectivity index (χ0n) is 18.6. The summed E-state index contributed by atoms with van der Waals surface area (Å²) in [6.07, 6.45) is 7.65. The van der Waals surface area contributed by atoms with Gasteiger partial charge in [-0.05, 0) is 86.0 Å². The Labute approximate surface area is 159 Å². The van der Waals surface area contributed by atoms with Crippen molar-refractivity contribution in [2.45, 2.75) is 122 Å². The third kappa shape index (κ3) is 7.32. The number of likely N-dealkylation sites (tertiary alicyclic amines) is 1. The van der Waals surface area contributed by atoms with Crippen molar-refractivity contribution in [3.05, 3.63) is 0 Å². The molecule has 1 rings (SSSR count). The Hall–Kier alpha value is 0.0969. The molecule has 1 heterocycles. The highest BCUT2D eigenvalue weighted by Gasteiger charge is 2.43. The van der Waals surface area contributed by atoms with E-state index in [2.05, 4.69) is 66.6 Å². The molecule has 0 aromatic heterocycles. The summed E-state index contributed by atoms with van der Waals surface area (Å²) in [6, 6.07) is 1.26. The van der Waals surface area contributed by atoms with Crippen molar-refractivity contribution in [1.82, 2.24) is 4.90 Å². The van der Waals surface area contributed by atoms with Gasteiger partial charge in [0.15, 0.2) is 8.32 Å². The summed E-state index contributed by atoms with van der Waals surface area (Å²) >= 11 is 0. The van der Waals surface area contributed by atoms with Crippen LogP contribution in [0.1, 0.15) is 80.1 Å². The Morgan fingerprint density at radius 3 is 2.12 bits per heavy atom. The molecule has 1 saturated heterocycles. The Kier molecular flexibility index (Phi) is 8.64. The van der Waals surface area contributed by atoms with Gasteiger partial charge in [0.2, 0.25) is 0 Å². The van der Waals surface area contributed by atoms with Crippen LogP contribution in [0.4, 0.5) is 0 Å². The molecule has 0 aromatic rings. The summed E-state index contributed by atoms with van der Waals surface area (Å²) in [4.78, 5) is 2.52. The van der Waals surface area contributed by atoms with Crippen LogP contribution in [0.25, 0.3) is 0 Å². The number of ether oxygens (including phenoxy) is 1. The smallest absolute Gasteiger partial charge is 0.187 e. The van der Waals surface area contributed by atoms with E-state index in [0.29, 0.717) is 12.2 Å². The number of nitrogens with zero attached hydrogens (tertiary/aromatic N) is 1. The fourth-order valence-corrected chi connectivity index (χ4v) is 6.93. The molecule has 0 spiro atoms. The van der Waals surface area contributed by atoms with E-state index >= 15 is 0 Å². The van der Waals surface area contributed by atoms with E-state index in [9.17, 15) is 0 Å². The molecule has 0 amide bonds. The van der Waals surface area contributed by atoms with E-state index < -0.39 is 8.32 Å². The highest BCUT2D eigenvalue weighted by molar-refractivity contribution is 6.71. The number of hydrogen-bond donors (Lipinski definition) is 0. The second kappa shape index (κ2) is 9.34. The highest BCUT2D eigenvalue weighted by atomic mass is 28.4. The second-order valence-electron chi connectivity index (χ2n) is 9.88. The fraction of sp³-hybridized carbons (Fsp3) is 1.00. The van der Waals surface area contributed by atoms with Gasteiger partial charge in [-0.3, -0.25) is 4.90 Å². The van der Waals surface area contributed by atoms with E-state index in [-0.39, 0.29) is 11.1 Å². The van der Waals surface area contributed by atoms with Crippen molar-refractivity contribution in [2.75, 3.05) is 13.7 Å². The molecule has 1 aliphatic heterocycles. The number of rotatable bonds is 10. The quantitative estimate of drug-likeness (QED) is 0.355. The lowest BCUT2D eigenvalue weighted by Crippen LogP contribution is -2.60. The molecule has 0 aliphatic carbocycles. The summed E-state index contributed by atoms with van der Waals surface area (Å²) in [7, 11) is 0.779. The molecule has 1 unspecified atom stereocenters. The zero-order valence-corrected chi connectivity index (χ0v) is 19.6. The molecule has 1 fully saturated rings. The van der Waals surface area contributed by atoms with Crippen molar-refractivity contribution in [2.24, 2.45) is 0 Å². The first-order valence-electron chi connectivity index (χ1n) is 10.5. The normalized spacial score (nSPS) is 22.9. The van der Waals surface area contributed by atoms with Gasteiger partial charge in [-0.25, -0.2) is 0 Å². The maximum Gasteiger partial charge on any atom is 0.187 e. The Bertz CT molecular complexity index is 377. The van der Waals surface area contributed by atoms with E-state index in [1.807, 2.05) is 0 Å². The largest absolute Gasteiger partial charge is 0.414 e. The van der Waals surface area contributed by atoms with Crippen LogP contribution in [-0.2, 0) is 9.16 Å². The molecule has 0 N–H and O–H groups in total. The van der Waals surface area contributed by atoms with Crippen molar-refractivity contribution in [3.63, 3.8) is 0 Å². The molecule has 1 atom stereocenters. The first-order valence-corrected chi connectivity index (χ1v) is 13.6. The molecule has 0 aromatic carbocycles. The maximum atomic E-state index is 6.48. The summed E-state index contributed by atoms with van der Waals surface area (Å²) < 4.78 is 12.8. The summed E-state index contributed by atoms with van der Waals surface area (Å²) in [5.41, 5.74) is 0.411. The minimum atomic E-state index is -1.47. The van der Waals surface area contributed by atoms with Gasteiger partial charge < -0.3 is 9.16 Å². The van der Waals surface area contributed by atoms with Crippen LogP contribution in [-0.4, -0.2) is 50.2 Å². The van der Waals surface area contributed by atoms with Crippen LogP contribution in [0, 0.1) is 0 Å². The zero-order chi connectivity index (χ0) is 19.3. The molecule has 150 valence electrons. The molecule has 4 heteroatoms. The average Bonchev–Trinajstić information content (AvgIpc) is 2.47. The standard InChI is InChI=1S/C21H45NO2Si/c1-10-15-25(8,9)24-18(11-2)13-12-14-23-19-16-20(3,4)22(7)21(5,6)17-19/h18-19H,10-17H2,1-9H3. The molecule has 25 heavy (non-hydrogen) atoms. The Morgan fingerprint density at radius 1 is 1.08 bits per heavy atom. The maximum absolute atomic E-state index is 6.48. The van der Waals surface area contributed by atoms with E-state index in [0.717, 1.165) is 38.7 Å². The summed E-state index contributed by atoms with van der Waals surface area (Å²) in [6.45, 7) is 19.5. The molecule has 3 nitrogen and oxygen atoms in total. The molecular weight excluding hydrogens is 326 g/mol. The summed E-state index contributed by atoms with van der Waals surface area (Å²) in [5, 5.41) is 0. The Balaban J connectivity index is 2.39. The highest BCUT2D eigenvalue weighted by Crippen LogP contribution is 2.38. The summed E-state index contributed by atoms with van der Waals surface area (Å²) in [5.74, 6) is 0. The lowest BCUT2D eigenvalue weighted by Gasteiger charge is -2.53. The van der Waals surface area contributed by atoms with Crippen LogP contribution in [0.5, 0.6) is 0 Å². The predicted octanol–water partition coefficient (Wildman–Crippen LogP) is 5.84. The number of hydrogen-bond acceptors (Lipinski definition) is 3. The monoisotopic (exact) mass is 371 g/mol. The van der Waals surface area contributed by atoms with Crippen molar-refractivity contribution >= 4 is 8.32 Å². The van der Waals surface area contributed by atoms with E-state index in [4.69, 9.17) is 9.16 Å². The van der Waals surface area contributed by atoms with Crippen molar-refractivity contribution in [3.8, 4) is 0 Å². The Morgan fingerprint density at radius 2 is 1.64 bits per heavy atom. The van der Waals surface area contributed by atoms with Crippen LogP contribution in [0.15, 0.2) is 0 Å². The van der Waals surface area contributed by atoms with Crippen LogP contribution < -0.4 is 0 Å². The number of piperidine rings is 1. The minimum absolute atomic E-state index is 0.206. The SMILES string of the molecule is CCC[Si](C)(C)OC(CC)CCCOC1CC(C)(C)N(C)C(C)(C)C1. The van der Waals surface area contributed by atoms with Crippen LogP contribution in [0.3, 0.4) is 0 Å². The van der Waals surface area contributed by atoms with Gasteiger partial charge in [0.05, 0.1) is 6.10 Å².